The molecule has 1 aliphatic heterocycles. The number of anilines is 2. The number of hydrogen-bond acceptors (Lipinski definition) is 6. The molecule has 1 aliphatic rings. The van der Waals surface area contributed by atoms with Crippen molar-refractivity contribution in [2.45, 2.75) is 12.5 Å². The van der Waals surface area contributed by atoms with E-state index in [-0.39, 0.29) is 11.9 Å². The van der Waals surface area contributed by atoms with Crippen LogP contribution in [0.2, 0.25) is 0 Å². The Bertz CT molecular complexity index is 516. The molecule has 1 aromatic heterocycles. The lowest BCUT2D eigenvalue weighted by Crippen LogP contribution is -2.32. The van der Waals surface area contributed by atoms with Crippen LogP contribution >= 0.6 is 11.5 Å². The van der Waals surface area contributed by atoms with Crippen LogP contribution in [-0.4, -0.2) is 26.7 Å². The summed E-state index contributed by atoms with van der Waals surface area (Å²) in [6.45, 7) is 0. The molecule has 3 rings (SSSR count). The fraction of sp³-hybridized carbons (Fsp3) is 0.200. The molecule has 0 radical (unpaired) electrons. The van der Waals surface area contributed by atoms with Gasteiger partial charge in [0.2, 0.25) is 11.0 Å². The summed E-state index contributed by atoms with van der Waals surface area (Å²) < 4.78 is 3.59. The summed E-state index contributed by atoms with van der Waals surface area (Å²) in [5.74, 6) is -0.111. The lowest BCUT2D eigenvalue weighted by atomic mass is 10.1. The molecular weight excluding hydrogens is 238 g/mol. The summed E-state index contributed by atoms with van der Waals surface area (Å²) in [6, 6.07) is 7.64. The third kappa shape index (κ3) is 1.96. The Balaban J connectivity index is 1.70. The van der Waals surface area contributed by atoms with Crippen LogP contribution in [0.25, 0.3) is 0 Å². The standard InChI is InChI=1S/C10H9N5OS/c16-9(12-10-13-14-15-17-10)8-5-6-3-1-2-4-7(6)11-8/h1-4,8,11H,5H2,(H,12,13,15,16)/t8-/m0/s1. The highest BCUT2D eigenvalue weighted by Crippen LogP contribution is 2.25. The molecule has 7 heteroatoms. The van der Waals surface area contributed by atoms with Crippen molar-refractivity contribution in [3.05, 3.63) is 29.8 Å². The van der Waals surface area contributed by atoms with Crippen LogP contribution in [0.4, 0.5) is 10.8 Å². The van der Waals surface area contributed by atoms with Gasteiger partial charge in [0.1, 0.15) is 6.04 Å². The van der Waals surface area contributed by atoms with Crippen molar-refractivity contribution in [1.29, 1.82) is 0 Å². The van der Waals surface area contributed by atoms with Crippen molar-refractivity contribution in [3.8, 4) is 0 Å². The molecule has 86 valence electrons. The first-order valence-electron chi connectivity index (χ1n) is 5.13. The fourth-order valence-electron chi connectivity index (χ4n) is 1.83. The number of nitrogens with one attached hydrogen (secondary N) is 2. The van der Waals surface area contributed by atoms with E-state index in [2.05, 4.69) is 25.4 Å². The molecule has 0 unspecified atom stereocenters. The first-order chi connectivity index (χ1) is 8.33. The molecule has 0 fully saturated rings. The Kier molecular flexibility index (Phi) is 2.45. The van der Waals surface area contributed by atoms with Crippen molar-refractivity contribution in [1.82, 2.24) is 14.8 Å². The van der Waals surface area contributed by atoms with Gasteiger partial charge < -0.3 is 5.32 Å². The predicted molar refractivity (Wildman–Crippen MR) is 63.9 cm³/mol. The third-order valence-electron chi connectivity index (χ3n) is 2.62. The topological polar surface area (TPSA) is 79.8 Å². The monoisotopic (exact) mass is 247 g/mol. The van der Waals surface area contributed by atoms with Gasteiger partial charge in [-0.05, 0) is 16.8 Å². The molecule has 0 saturated heterocycles. The molecule has 6 nitrogen and oxygen atoms in total. The fourth-order valence-corrected chi connectivity index (χ4v) is 2.20. The molecule has 0 saturated carbocycles. The SMILES string of the molecule is O=C(Nc1nnns1)[C@@H]1Cc2ccccc2N1. The van der Waals surface area contributed by atoms with E-state index in [4.69, 9.17) is 0 Å². The van der Waals surface area contributed by atoms with Crippen LogP contribution in [0.1, 0.15) is 5.56 Å². The third-order valence-corrected chi connectivity index (χ3v) is 3.13. The van der Waals surface area contributed by atoms with Crippen LogP contribution in [0.15, 0.2) is 24.3 Å². The summed E-state index contributed by atoms with van der Waals surface area (Å²) in [5.41, 5.74) is 2.17. The molecule has 2 heterocycles. The zero-order valence-electron chi connectivity index (χ0n) is 8.75. The molecule has 2 aromatic rings. The molecule has 1 atom stereocenters. The maximum atomic E-state index is 11.9. The van der Waals surface area contributed by atoms with Crippen molar-refractivity contribution < 1.29 is 4.79 Å². The van der Waals surface area contributed by atoms with E-state index in [1.54, 1.807) is 0 Å². The number of benzene rings is 1. The van der Waals surface area contributed by atoms with Crippen LogP contribution in [-0.2, 0) is 11.2 Å². The van der Waals surface area contributed by atoms with Gasteiger partial charge in [-0.1, -0.05) is 27.8 Å². The van der Waals surface area contributed by atoms with Crippen molar-refractivity contribution in [3.63, 3.8) is 0 Å². The maximum absolute atomic E-state index is 11.9. The van der Waals surface area contributed by atoms with Gasteiger partial charge in [0.25, 0.3) is 0 Å². The Morgan fingerprint density at radius 1 is 1.47 bits per heavy atom. The average Bonchev–Trinajstić information content (AvgIpc) is 2.96. The maximum Gasteiger partial charge on any atom is 0.249 e. The Morgan fingerprint density at radius 3 is 3.12 bits per heavy atom. The zero-order valence-corrected chi connectivity index (χ0v) is 9.57. The van der Waals surface area contributed by atoms with Gasteiger partial charge in [-0.15, -0.1) is 0 Å². The van der Waals surface area contributed by atoms with Crippen molar-refractivity contribution in [2.75, 3.05) is 10.6 Å². The summed E-state index contributed by atoms with van der Waals surface area (Å²) in [5, 5.41) is 13.4. The number of para-hydroxylation sites is 1. The highest BCUT2D eigenvalue weighted by molar-refractivity contribution is 7.09. The van der Waals surface area contributed by atoms with E-state index < -0.39 is 0 Å². The van der Waals surface area contributed by atoms with Crippen LogP contribution in [0, 0.1) is 0 Å². The summed E-state index contributed by atoms with van der Waals surface area (Å²) in [6.07, 6.45) is 0.689. The molecule has 0 spiro atoms. The minimum Gasteiger partial charge on any atom is -0.373 e. The zero-order chi connectivity index (χ0) is 11.7. The smallest absolute Gasteiger partial charge is 0.249 e. The number of carbonyl (C=O) groups excluding carboxylic acids is 1. The molecule has 1 aromatic carbocycles. The second-order valence-corrected chi connectivity index (χ2v) is 4.45. The van der Waals surface area contributed by atoms with Crippen molar-refractivity contribution in [2.24, 2.45) is 0 Å². The predicted octanol–water partition coefficient (Wildman–Crippen LogP) is 0.908. The second-order valence-electron chi connectivity index (χ2n) is 3.71. The highest BCUT2D eigenvalue weighted by Gasteiger charge is 2.26. The number of nitrogens with zero attached hydrogens (tertiary/aromatic N) is 3. The van der Waals surface area contributed by atoms with E-state index in [0.29, 0.717) is 11.6 Å². The van der Waals surface area contributed by atoms with E-state index in [1.165, 1.54) is 0 Å². The van der Waals surface area contributed by atoms with Gasteiger partial charge >= 0.3 is 0 Å². The summed E-state index contributed by atoms with van der Waals surface area (Å²) in [7, 11) is 0. The Morgan fingerprint density at radius 2 is 2.35 bits per heavy atom. The Hall–Kier alpha value is -2.02. The van der Waals surface area contributed by atoms with E-state index in [0.717, 1.165) is 22.8 Å². The Labute approximate surface area is 101 Å². The van der Waals surface area contributed by atoms with Crippen LogP contribution in [0.3, 0.4) is 0 Å². The van der Waals surface area contributed by atoms with Crippen LogP contribution < -0.4 is 10.6 Å². The number of rotatable bonds is 2. The van der Waals surface area contributed by atoms with Crippen LogP contribution in [0.5, 0.6) is 0 Å². The van der Waals surface area contributed by atoms with E-state index in [9.17, 15) is 4.79 Å². The molecule has 2 N–H and O–H groups in total. The normalized spacial score (nSPS) is 17.3. The second kappa shape index (κ2) is 4.10. The lowest BCUT2D eigenvalue weighted by molar-refractivity contribution is -0.116. The number of carbonyl (C=O) groups is 1. The van der Waals surface area contributed by atoms with Gasteiger partial charge in [-0.3, -0.25) is 10.1 Å². The first-order valence-corrected chi connectivity index (χ1v) is 5.90. The largest absolute Gasteiger partial charge is 0.373 e. The van der Waals surface area contributed by atoms with E-state index in [1.807, 2.05) is 24.3 Å². The number of amides is 1. The van der Waals surface area contributed by atoms with Gasteiger partial charge in [0.15, 0.2) is 0 Å². The molecule has 0 aliphatic carbocycles. The summed E-state index contributed by atoms with van der Waals surface area (Å²) >= 11 is 1.06. The van der Waals surface area contributed by atoms with Gasteiger partial charge in [0, 0.05) is 23.6 Å². The molecule has 17 heavy (non-hydrogen) atoms. The number of aromatic nitrogens is 3. The van der Waals surface area contributed by atoms with E-state index >= 15 is 0 Å². The summed E-state index contributed by atoms with van der Waals surface area (Å²) in [4.78, 5) is 11.9. The van der Waals surface area contributed by atoms with Gasteiger partial charge in [-0.2, -0.15) is 0 Å². The van der Waals surface area contributed by atoms with Crippen molar-refractivity contribution >= 4 is 28.3 Å². The molecular formula is C10H9N5OS. The quantitative estimate of drug-likeness (QED) is 0.824. The molecule has 0 bridgehead atoms. The minimum atomic E-state index is -0.253. The molecule has 1 amide bonds. The van der Waals surface area contributed by atoms with Gasteiger partial charge in [-0.25, -0.2) is 0 Å². The first kappa shape index (κ1) is 10.2. The average molecular weight is 247 g/mol. The lowest BCUT2D eigenvalue weighted by Gasteiger charge is -2.09. The van der Waals surface area contributed by atoms with Gasteiger partial charge in [0.05, 0.1) is 0 Å². The number of fused-ring (bicyclic) bond motifs is 1. The number of hydrogen-bond donors (Lipinski definition) is 2. The highest BCUT2D eigenvalue weighted by atomic mass is 32.1. The minimum absolute atomic E-state index is 0.111.